The molecule has 0 aliphatic carbocycles. The SMILES string of the molecule is CCC(NC(=O)c1ccc(N2CCCS2(=O)=O)cc1)c1ccccc1OCC(=O)N1CCCC1. The van der Waals surface area contributed by atoms with E-state index in [0.717, 1.165) is 31.5 Å². The van der Waals surface area contributed by atoms with Gasteiger partial charge in [-0.3, -0.25) is 13.9 Å². The number of sulfonamides is 1. The first kappa shape index (κ1) is 24.1. The van der Waals surface area contributed by atoms with E-state index in [1.807, 2.05) is 36.1 Å². The van der Waals surface area contributed by atoms with E-state index in [9.17, 15) is 18.0 Å². The molecule has 2 saturated heterocycles. The van der Waals surface area contributed by atoms with E-state index in [-0.39, 0.29) is 30.2 Å². The lowest BCUT2D eigenvalue weighted by Gasteiger charge is -2.22. The minimum atomic E-state index is -3.26. The van der Waals surface area contributed by atoms with E-state index in [4.69, 9.17) is 4.74 Å². The monoisotopic (exact) mass is 485 g/mol. The summed E-state index contributed by atoms with van der Waals surface area (Å²) in [5.41, 5.74) is 1.83. The summed E-state index contributed by atoms with van der Waals surface area (Å²) >= 11 is 0. The van der Waals surface area contributed by atoms with Gasteiger partial charge in [-0.2, -0.15) is 0 Å². The van der Waals surface area contributed by atoms with Crippen molar-refractivity contribution in [2.24, 2.45) is 0 Å². The summed E-state index contributed by atoms with van der Waals surface area (Å²) in [5.74, 6) is 0.449. The molecule has 9 heteroatoms. The van der Waals surface area contributed by atoms with Crippen LogP contribution in [0.25, 0.3) is 0 Å². The molecule has 0 bridgehead atoms. The van der Waals surface area contributed by atoms with Crippen molar-refractivity contribution < 1.29 is 22.7 Å². The highest BCUT2D eigenvalue weighted by Crippen LogP contribution is 2.28. The maximum Gasteiger partial charge on any atom is 0.260 e. The number of benzene rings is 2. The Morgan fingerprint density at radius 2 is 1.71 bits per heavy atom. The van der Waals surface area contributed by atoms with Gasteiger partial charge in [0.15, 0.2) is 6.61 Å². The Bertz CT molecular complexity index is 1130. The van der Waals surface area contributed by atoms with Crippen molar-refractivity contribution in [1.29, 1.82) is 0 Å². The second-order valence-corrected chi connectivity index (χ2v) is 10.7. The van der Waals surface area contributed by atoms with Crippen molar-refractivity contribution in [1.82, 2.24) is 10.2 Å². The number of carbonyl (C=O) groups is 2. The van der Waals surface area contributed by atoms with Crippen LogP contribution in [-0.2, 0) is 14.8 Å². The lowest BCUT2D eigenvalue weighted by molar-refractivity contribution is -0.132. The van der Waals surface area contributed by atoms with Crippen molar-refractivity contribution in [2.75, 3.05) is 36.3 Å². The minimum Gasteiger partial charge on any atom is -0.483 e. The number of likely N-dealkylation sites (tertiary alicyclic amines) is 1. The highest BCUT2D eigenvalue weighted by Gasteiger charge is 2.28. The number of carbonyl (C=O) groups excluding carboxylic acids is 2. The number of para-hydroxylation sites is 1. The maximum absolute atomic E-state index is 13.0. The molecule has 1 N–H and O–H groups in total. The molecule has 2 aliphatic heterocycles. The largest absolute Gasteiger partial charge is 0.483 e. The minimum absolute atomic E-state index is 0.0236. The molecule has 2 aliphatic rings. The molecule has 2 fully saturated rings. The predicted octanol–water partition coefficient (Wildman–Crippen LogP) is 3.11. The van der Waals surface area contributed by atoms with Crippen LogP contribution in [0.1, 0.15) is 54.6 Å². The molecule has 2 amide bonds. The molecule has 1 atom stereocenters. The van der Waals surface area contributed by atoms with Crippen LogP contribution in [0.5, 0.6) is 5.75 Å². The normalized spacial score (nSPS) is 18.0. The first-order valence-corrected chi connectivity index (χ1v) is 13.4. The smallest absolute Gasteiger partial charge is 0.260 e. The summed E-state index contributed by atoms with van der Waals surface area (Å²) in [6.45, 7) is 3.96. The predicted molar refractivity (Wildman–Crippen MR) is 130 cm³/mol. The van der Waals surface area contributed by atoms with E-state index < -0.39 is 10.0 Å². The van der Waals surface area contributed by atoms with Gasteiger partial charge in [0.05, 0.1) is 17.5 Å². The van der Waals surface area contributed by atoms with Gasteiger partial charge in [0.1, 0.15) is 5.75 Å². The fourth-order valence-electron chi connectivity index (χ4n) is 4.45. The first-order valence-electron chi connectivity index (χ1n) is 11.8. The second kappa shape index (κ2) is 10.5. The fourth-order valence-corrected chi connectivity index (χ4v) is 6.01. The summed E-state index contributed by atoms with van der Waals surface area (Å²) < 4.78 is 31.5. The molecular weight excluding hydrogens is 454 g/mol. The molecule has 0 aromatic heterocycles. The van der Waals surface area contributed by atoms with Crippen molar-refractivity contribution in [3.63, 3.8) is 0 Å². The molecule has 1 unspecified atom stereocenters. The van der Waals surface area contributed by atoms with Gasteiger partial charge in [0, 0.05) is 30.8 Å². The van der Waals surface area contributed by atoms with Gasteiger partial charge in [-0.05, 0) is 56.0 Å². The quantitative estimate of drug-likeness (QED) is 0.620. The Morgan fingerprint density at radius 1 is 1.00 bits per heavy atom. The third-order valence-corrected chi connectivity index (χ3v) is 8.20. The van der Waals surface area contributed by atoms with Gasteiger partial charge in [0.25, 0.3) is 11.8 Å². The van der Waals surface area contributed by atoms with Crippen LogP contribution >= 0.6 is 0 Å². The molecule has 0 saturated carbocycles. The van der Waals surface area contributed by atoms with Crippen LogP contribution in [0, 0.1) is 0 Å². The zero-order valence-electron chi connectivity index (χ0n) is 19.4. The maximum atomic E-state index is 13.0. The van der Waals surface area contributed by atoms with Crippen LogP contribution in [0.2, 0.25) is 0 Å². The van der Waals surface area contributed by atoms with Gasteiger partial charge < -0.3 is 15.0 Å². The van der Waals surface area contributed by atoms with Gasteiger partial charge in [0.2, 0.25) is 10.0 Å². The standard InChI is InChI=1S/C25H31N3O5S/c1-2-22(21-8-3-4-9-23(21)33-18-24(29)27-14-5-6-15-27)26-25(30)19-10-12-20(13-11-19)28-16-7-17-34(28,31)32/h3-4,8-13,22H,2,5-7,14-18H2,1H3,(H,26,30). The van der Waals surface area contributed by atoms with Crippen molar-refractivity contribution in [3.8, 4) is 5.75 Å². The van der Waals surface area contributed by atoms with Crippen LogP contribution in [0.4, 0.5) is 5.69 Å². The highest BCUT2D eigenvalue weighted by molar-refractivity contribution is 7.93. The average molecular weight is 486 g/mol. The summed E-state index contributed by atoms with van der Waals surface area (Å²) in [7, 11) is -3.26. The van der Waals surface area contributed by atoms with Crippen LogP contribution in [0.3, 0.4) is 0 Å². The fraction of sp³-hybridized carbons (Fsp3) is 0.440. The number of rotatable bonds is 8. The molecule has 0 spiro atoms. The van der Waals surface area contributed by atoms with E-state index in [1.165, 1.54) is 4.31 Å². The zero-order chi connectivity index (χ0) is 24.1. The number of hydrogen-bond donors (Lipinski definition) is 1. The zero-order valence-corrected chi connectivity index (χ0v) is 20.2. The lowest BCUT2D eigenvalue weighted by Crippen LogP contribution is -2.32. The number of ether oxygens (including phenoxy) is 1. The van der Waals surface area contributed by atoms with E-state index in [0.29, 0.717) is 36.4 Å². The Kier molecular flexibility index (Phi) is 7.41. The highest BCUT2D eigenvalue weighted by atomic mass is 32.2. The molecule has 4 rings (SSSR count). The van der Waals surface area contributed by atoms with Gasteiger partial charge in [-0.15, -0.1) is 0 Å². The second-order valence-electron chi connectivity index (χ2n) is 8.64. The number of anilines is 1. The van der Waals surface area contributed by atoms with Crippen molar-refractivity contribution in [3.05, 3.63) is 59.7 Å². The molecular formula is C25H31N3O5S. The van der Waals surface area contributed by atoms with Crippen LogP contribution in [-0.4, -0.2) is 57.1 Å². The summed E-state index contributed by atoms with van der Waals surface area (Å²) in [4.78, 5) is 27.2. The molecule has 8 nitrogen and oxygen atoms in total. The summed E-state index contributed by atoms with van der Waals surface area (Å²) in [6, 6.07) is 13.7. The van der Waals surface area contributed by atoms with E-state index >= 15 is 0 Å². The molecule has 2 heterocycles. The Hall–Kier alpha value is -3.07. The van der Waals surface area contributed by atoms with Crippen molar-refractivity contribution >= 4 is 27.5 Å². The Labute approximate surface area is 200 Å². The molecule has 34 heavy (non-hydrogen) atoms. The van der Waals surface area contributed by atoms with Gasteiger partial charge in [-0.1, -0.05) is 25.1 Å². The van der Waals surface area contributed by atoms with Crippen LogP contribution in [0.15, 0.2) is 48.5 Å². The molecule has 0 radical (unpaired) electrons. The Morgan fingerprint density at radius 3 is 2.35 bits per heavy atom. The third kappa shape index (κ3) is 5.35. The molecule has 182 valence electrons. The van der Waals surface area contributed by atoms with Gasteiger partial charge >= 0.3 is 0 Å². The number of hydrogen-bond acceptors (Lipinski definition) is 5. The average Bonchev–Trinajstić information content (AvgIpc) is 3.51. The third-order valence-electron chi connectivity index (χ3n) is 6.33. The number of nitrogens with one attached hydrogen (secondary N) is 1. The van der Waals surface area contributed by atoms with Gasteiger partial charge in [-0.25, -0.2) is 8.42 Å². The number of amides is 2. The summed E-state index contributed by atoms with van der Waals surface area (Å²) in [6.07, 6.45) is 3.30. The van der Waals surface area contributed by atoms with Crippen LogP contribution < -0.4 is 14.4 Å². The first-order chi connectivity index (χ1) is 16.4. The lowest BCUT2D eigenvalue weighted by atomic mass is 10.0. The van der Waals surface area contributed by atoms with Crippen molar-refractivity contribution in [2.45, 2.75) is 38.6 Å². The Balaban J connectivity index is 1.43. The topological polar surface area (TPSA) is 96.0 Å². The molecule has 2 aromatic rings. The number of nitrogens with zero attached hydrogens (tertiary/aromatic N) is 2. The molecule has 2 aromatic carbocycles. The van der Waals surface area contributed by atoms with E-state index in [2.05, 4.69) is 5.32 Å². The summed E-state index contributed by atoms with van der Waals surface area (Å²) in [5, 5.41) is 3.04. The van der Waals surface area contributed by atoms with E-state index in [1.54, 1.807) is 24.3 Å².